The fourth-order valence-corrected chi connectivity index (χ4v) is 2.58. The third-order valence-electron chi connectivity index (χ3n) is 3.55. The van der Waals surface area contributed by atoms with Crippen molar-refractivity contribution in [3.05, 3.63) is 28.8 Å². The highest BCUT2D eigenvalue weighted by Gasteiger charge is 2.17. The van der Waals surface area contributed by atoms with Crippen LogP contribution in [0, 0.1) is 0 Å². The molecule has 2 rings (SSSR count). The molecule has 19 heavy (non-hydrogen) atoms. The lowest BCUT2D eigenvalue weighted by atomic mass is 10.2. The SMILES string of the molecule is OCCCN1CCN(Cc2cccc(O)c2Cl)CC1. The van der Waals surface area contributed by atoms with Crippen LogP contribution in [0.15, 0.2) is 18.2 Å². The Morgan fingerprint density at radius 2 is 1.79 bits per heavy atom. The molecule has 2 N–H and O–H groups in total. The summed E-state index contributed by atoms with van der Waals surface area (Å²) >= 11 is 6.09. The molecule has 0 atom stereocenters. The van der Waals surface area contributed by atoms with E-state index in [-0.39, 0.29) is 12.4 Å². The van der Waals surface area contributed by atoms with E-state index >= 15 is 0 Å². The van der Waals surface area contributed by atoms with Gasteiger partial charge in [-0.15, -0.1) is 0 Å². The summed E-state index contributed by atoms with van der Waals surface area (Å²) in [4.78, 5) is 4.72. The zero-order chi connectivity index (χ0) is 13.7. The van der Waals surface area contributed by atoms with E-state index < -0.39 is 0 Å². The Hall–Kier alpha value is -0.810. The van der Waals surface area contributed by atoms with E-state index in [1.54, 1.807) is 6.07 Å². The van der Waals surface area contributed by atoms with Gasteiger partial charge in [-0.1, -0.05) is 23.7 Å². The molecule has 1 fully saturated rings. The maximum atomic E-state index is 9.59. The molecular weight excluding hydrogens is 264 g/mol. The molecule has 0 spiro atoms. The molecule has 1 aromatic rings. The van der Waals surface area contributed by atoms with Crippen LogP contribution in [0.5, 0.6) is 5.75 Å². The van der Waals surface area contributed by atoms with Gasteiger partial charge in [-0.25, -0.2) is 0 Å². The van der Waals surface area contributed by atoms with Crippen LogP contribution in [0.25, 0.3) is 0 Å². The summed E-state index contributed by atoms with van der Waals surface area (Å²) in [5.41, 5.74) is 0.977. The average Bonchev–Trinajstić information content (AvgIpc) is 2.43. The van der Waals surface area contributed by atoms with E-state index in [4.69, 9.17) is 16.7 Å². The molecule has 0 aliphatic carbocycles. The van der Waals surface area contributed by atoms with E-state index in [0.717, 1.165) is 51.3 Å². The number of nitrogens with zero attached hydrogens (tertiary/aromatic N) is 2. The molecule has 1 aromatic carbocycles. The number of phenolic OH excluding ortho intramolecular Hbond substituents is 1. The zero-order valence-electron chi connectivity index (χ0n) is 11.1. The van der Waals surface area contributed by atoms with E-state index in [1.165, 1.54) is 0 Å². The van der Waals surface area contributed by atoms with Gasteiger partial charge in [0.15, 0.2) is 0 Å². The lowest BCUT2D eigenvalue weighted by Crippen LogP contribution is -2.46. The van der Waals surface area contributed by atoms with Crippen molar-refractivity contribution in [3.63, 3.8) is 0 Å². The van der Waals surface area contributed by atoms with Gasteiger partial charge in [0.2, 0.25) is 0 Å². The van der Waals surface area contributed by atoms with Gasteiger partial charge in [-0.2, -0.15) is 0 Å². The van der Waals surface area contributed by atoms with Gasteiger partial charge < -0.3 is 15.1 Å². The first-order valence-electron chi connectivity index (χ1n) is 6.72. The van der Waals surface area contributed by atoms with Crippen molar-refractivity contribution in [1.29, 1.82) is 0 Å². The second kappa shape index (κ2) is 7.10. The van der Waals surface area contributed by atoms with Crippen molar-refractivity contribution >= 4 is 11.6 Å². The molecule has 0 aromatic heterocycles. The third kappa shape index (κ3) is 4.08. The first-order valence-corrected chi connectivity index (χ1v) is 7.10. The minimum atomic E-state index is 0.153. The number of rotatable bonds is 5. The number of phenols is 1. The number of piperazine rings is 1. The highest BCUT2D eigenvalue weighted by Crippen LogP contribution is 2.27. The molecule has 5 heteroatoms. The van der Waals surface area contributed by atoms with Crippen LogP contribution in [-0.4, -0.2) is 59.3 Å². The number of benzene rings is 1. The van der Waals surface area contributed by atoms with E-state index in [9.17, 15) is 5.11 Å². The van der Waals surface area contributed by atoms with Crippen LogP contribution in [0.2, 0.25) is 5.02 Å². The largest absolute Gasteiger partial charge is 0.506 e. The molecule has 1 aliphatic rings. The maximum absolute atomic E-state index is 9.59. The van der Waals surface area contributed by atoms with Gasteiger partial charge in [-0.05, 0) is 18.1 Å². The van der Waals surface area contributed by atoms with Crippen LogP contribution in [0.3, 0.4) is 0 Å². The van der Waals surface area contributed by atoms with Crippen molar-refractivity contribution in [2.24, 2.45) is 0 Å². The summed E-state index contributed by atoms with van der Waals surface area (Å²) in [5, 5.41) is 18.9. The number of aliphatic hydroxyl groups excluding tert-OH is 1. The zero-order valence-corrected chi connectivity index (χ0v) is 11.8. The van der Waals surface area contributed by atoms with Crippen LogP contribution >= 0.6 is 11.6 Å². The predicted molar refractivity (Wildman–Crippen MR) is 76.5 cm³/mol. The fraction of sp³-hybridized carbons (Fsp3) is 0.571. The second-order valence-electron chi connectivity index (χ2n) is 4.95. The summed E-state index contributed by atoms with van der Waals surface area (Å²) in [6.07, 6.45) is 0.846. The minimum absolute atomic E-state index is 0.153. The van der Waals surface area contributed by atoms with E-state index in [0.29, 0.717) is 5.02 Å². The number of aromatic hydroxyl groups is 1. The topological polar surface area (TPSA) is 46.9 Å². The van der Waals surface area contributed by atoms with Gasteiger partial charge in [0.25, 0.3) is 0 Å². The highest BCUT2D eigenvalue weighted by molar-refractivity contribution is 6.32. The third-order valence-corrected chi connectivity index (χ3v) is 3.99. The molecule has 0 amide bonds. The first kappa shape index (κ1) is 14.6. The van der Waals surface area contributed by atoms with Crippen molar-refractivity contribution in [2.45, 2.75) is 13.0 Å². The van der Waals surface area contributed by atoms with Crippen LogP contribution < -0.4 is 0 Å². The Labute approximate surface area is 119 Å². The van der Waals surface area contributed by atoms with Crippen molar-refractivity contribution in [1.82, 2.24) is 9.80 Å². The Morgan fingerprint density at radius 3 is 2.47 bits per heavy atom. The van der Waals surface area contributed by atoms with Crippen LogP contribution in [-0.2, 0) is 6.54 Å². The molecule has 4 nitrogen and oxygen atoms in total. The van der Waals surface area contributed by atoms with E-state index in [2.05, 4.69) is 9.80 Å². The average molecular weight is 285 g/mol. The van der Waals surface area contributed by atoms with Gasteiger partial charge in [0.1, 0.15) is 5.75 Å². The lowest BCUT2D eigenvalue weighted by Gasteiger charge is -2.34. The van der Waals surface area contributed by atoms with Crippen LogP contribution in [0.1, 0.15) is 12.0 Å². The number of hydrogen-bond donors (Lipinski definition) is 2. The summed E-state index contributed by atoms with van der Waals surface area (Å²) in [6, 6.07) is 5.40. The number of hydrogen-bond acceptors (Lipinski definition) is 4. The molecular formula is C14H21ClN2O2. The Balaban J connectivity index is 1.84. The molecule has 1 aliphatic heterocycles. The number of halogens is 1. The van der Waals surface area contributed by atoms with Gasteiger partial charge in [0, 0.05) is 45.9 Å². The summed E-state index contributed by atoms with van der Waals surface area (Å²) in [5.74, 6) is 0.153. The second-order valence-corrected chi connectivity index (χ2v) is 5.32. The normalized spacial score (nSPS) is 17.8. The van der Waals surface area contributed by atoms with Gasteiger partial charge >= 0.3 is 0 Å². The summed E-state index contributed by atoms with van der Waals surface area (Å²) in [6.45, 7) is 6.05. The van der Waals surface area contributed by atoms with Crippen molar-refractivity contribution < 1.29 is 10.2 Å². The van der Waals surface area contributed by atoms with Crippen molar-refractivity contribution in [3.8, 4) is 5.75 Å². The number of aliphatic hydroxyl groups is 1. The lowest BCUT2D eigenvalue weighted by molar-refractivity contribution is 0.120. The van der Waals surface area contributed by atoms with Crippen LogP contribution in [0.4, 0.5) is 0 Å². The Morgan fingerprint density at radius 1 is 1.11 bits per heavy atom. The fourth-order valence-electron chi connectivity index (χ4n) is 2.39. The van der Waals surface area contributed by atoms with Gasteiger partial charge in [0.05, 0.1) is 5.02 Å². The van der Waals surface area contributed by atoms with Gasteiger partial charge in [-0.3, -0.25) is 4.90 Å². The molecule has 106 valence electrons. The molecule has 0 radical (unpaired) electrons. The molecule has 1 heterocycles. The monoisotopic (exact) mass is 284 g/mol. The molecule has 1 saturated heterocycles. The molecule has 0 saturated carbocycles. The van der Waals surface area contributed by atoms with E-state index in [1.807, 2.05) is 12.1 Å². The maximum Gasteiger partial charge on any atom is 0.134 e. The first-order chi connectivity index (χ1) is 9.20. The highest BCUT2D eigenvalue weighted by atomic mass is 35.5. The summed E-state index contributed by atoms with van der Waals surface area (Å²) < 4.78 is 0. The smallest absolute Gasteiger partial charge is 0.134 e. The Kier molecular flexibility index (Phi) is 5.45. The Bertz CT molecular complexity index is 406. The standard InChI is InChI=1S/C14H21ClN2O2/c15-14-12(3-1-4-13(14)19)11-17-8-6-16(7-9-17)5-2-10-18/h1,3-4,18-19H,2,5-11H2. The quantitative estimate of drug-likeness (QED) is 0.861. The predicted octanol–water partition coefficient (Wildman–Crippen LogP) is 1.55. The summed E-state index contributed by atoms with van der Waals surface area (Å²) in [7, 11) is 0. The van der Waals surface area contributed by atoms with Crippen molar-refractivity contribution in [2.75, 3.05) is 39.3 Å². The molecule has 0 unspecified atom stereocenters. The minimum Gasteiger partial charge on any atom is -0.506 e. The molecule has 0 bridgehead atoms.